The highest BCUT2D eigenvalue weighted by Gasteiger charge is 2.19. The first-order valence-corrected chi connectivity index (χ1v) is 7.99. The lowest BCUT2D eigenvalue weighted by molar-refractivity contribution is 0.433. The fraction of sp³-hybridized carbons (Fsp3) is 0.200. The number of hydrogen-bond donors (Lipinski definition) is 1. The molecule has 0 spiro atoms. The molecule has 0 amide bonds. The van der Waals surface area contributed by atoms with E-state index >= 15 is 0 Å². The SMILES string of the molecule is CNC(CSc1cccc(Br)c1)c1ccc(F)c(F)c1F. The molecule has 0 aliphatic rings. The van der Waals surface area contributed by atoms with Crippen LogP contribution in [-0.2, 0) is 0 Å². The summed E-state index contributed by atoms with van der Waals surface area (Å²) in [5, 5.41) is 2.93. The van der Waals surface area contributed by atoms with E-state index in [2.05, 4.69) is 21.2 Å². The predicted molar refractivity (Wildman–Crippen MR) is 83.0 cm³/mol. The molecule has 2 aromatic carbocycles. The lowest BCUT2D eigenvalue weighted by Gasteiger charge is -2.17. The van der Waals surface area contributed by atoms with Gasteiger partial charge in [-0.2, -0.15) is 0 Å². The van der Waals surface area contributed by atoms with Gasteiger partial charge in [-0.05, 0) is 31.3 Å². The molecular formula is C15H13BrF3NS. The van der Waals surface area contributed by atoms with E-state index in [0.29, 0.717) is 5.75 Å². The minimum absolute atomic E-state index is 0.124. The van der Waals surface area contributed by atoms with Gasteiger partial charge in [-0.3, -0.25) is 0 Å². The Morgan fingerprint density at radius 3 is 2.57 bits per heavy atom. The van der Waals surface area contributed by atoms with Gasteiger partial charge in [0.1, 0.15) is 0 Å². The van der Waals surface area contributed by atoms with Crippen molar-refractivity contribution in [1.29, 1.82) is 0 Å². The Balaban J connectivity index is 2.15. The molecule has 0 aromatic heterocycles. The van der Waals surface area contributed by atoms with Crippen molar-refractivity contribution in [3.63, 3.8) is 0 Å². The van der Waals surface area contributed by atoms with Crippen molar-refractivity contribution < 1.29 is 13.2 Å². The van der Waals surface area contributed by atoms with Gasteiger partial charge in [-0.25, -0.2) is 13.2 Å². The van der Waals surface area contributed by atoms with Crippen molar-refractivity contribution in [3.05, 3.63) is 63.9 Å². The highest BCUT2D eigenvalue weighted by Crippen LogP contribution is 2.28. The summed E-state index contributed by atoms with van der Waals surface area (Å²) in [5.41, 5.74) is 0.124. The van der Waals surface area contributed by atoms with Gasteiger partial charge in [-0.1, -0.05) is 28.1 Å². The second kappa shape index (κ2) is 7.33. The smallest absolute Gasteiger partial charge is 0.194 e. The topological polar surface area (TPSA) is 12.0 Å². The quantitative estimate of drug-likeness (QED) is 0.587. The van der Waals surface area contributed by atoms with E-state index in [1.807, 2.05) is 24.3 Å². The van der Waals surface area contributed by atoms with Crippen LogP contribution < -0.4 is 5.32 Å². The highest BCUT2D eigenvalue weighted by atomic mass is 79.9. The fourth-order valence-corrected chi connectivity index (χ4v) is 3.52. The molecule has 0 saturated carbocycles. The van der Waals surface area contributed by atoms with E-state index < -0.39 is 23.5 Å². The van der Waals surface area contributed by atoms with Crippen LogP contribution in [0.3, 0.4) is 0 Å². The standard InChI is InChI=1S/C15H13BrF3NS/c1-20-13(8-21-10-4-2-3-9(16)7-10)11-5-6-12(17)15(19)14(11)18/h2-7,13,20H,8H2,1H3. The number of rotatable bonds is 5. The molecule has 1 nitrogen and oxygen atoms in total. The van der Waals surface area contributed by atoms with Crippen LogP contribution >= 0.6 is 27.7 Å². The van der Waals surface area contributed by atoms with Crippen LogP contribution in [0.4, 0.5) is 13.2 Å². The lowest BCUT2D eigenvalue weighted by atomic mass is 10.1. The Labute approximate surface area is 134 Å². The minimum Gasteiger partial charge on any atom is -0.312 e. The minimum atomic E-state index is -1.43. The fourth-order valence-electron chi connectivity index (χ4n) is 1.87. The van der Waals surface area contributed by atoms with Crippen molar-refractivity contribution in [2.75, 3.05) is 12.8 Å². The van der Waals surface area contributed by atoms with Gasteiger partial charge in [0.05, 0.1) is 0 Å². The maximum atomic E-state index is 13.8. The number of hydrogen-bond acceptors (Lipinski definition) is 2. The third-order valence-corrected chi connectivity index (χ3v) is 4.58. The van der Waals surface area contributed by atoms with Crippen LogP contribution in [-0.4, -0.2) is 12.8 Å². The summed E-state index contributed by atoms with van der Waals surface area (Å²) in [6, 6.07) is 9.50. The molecule has 0 fully saturated rings. The maximum Gasteiger partial charge on any atom is 0.194 e. The zero-order valence-electron chi connectivity index (χ0n) is 11.2. The number of benzene rings is 2. The molecule has 2 aromatic rings. The Bertz CT molecular complexity index is 636. The number of nitrogens with one attached hydrogen (secondary N) is 1. The molecular weight excluding hydrogens is 363 g/mol. The van der Waals surface area contributed by atoms with Crippen LogP contribution in [0.15, 0.2) is 45.8 Å². The average Bonchev–Trinajstić information content (AvgIpc) is 2.47. The third kappa shape index (κ3) is 4.02. The normalized spacial score (nSPS) is 12.4. The van der Waals surface area contributed by atoms with E-state index in [1.54, 1.807) is 7.05 Å². The monoisotopic (exact) mass is 375 g/mol. The second-order valence-corrected chi connectivity index (χ2v) is 6.38. The van der Waals surface area contributed by atoms with Crippen molar-refractivity contribution in [2.24, 2.45) is 0 Å². The molecule has 21 heavy (non-hydrogen) atoms. The summed E-state index contributed by atoms with van der Waals surface area (Å²) in [4.78, 5) is 1.01. The Hall–Kier alpha value is -0.980. The zero-order chi connectivity index (χ0) is 15.4. The summed E-state index contributed by atoms with van der Waals surface area (Å²) >= 11 is 4.89. The predicted octanol–water partition coefficient (Wildman–Crippen LogP) is 4.92. The van der Waals surface area contributed by atoms with Gasteiger partial charge < -0.3 is 5.32 Å². The van der Waals surface area contributed by atoms with Crippen LogP contribution in [0.1, 0.15) is 11.6 Å². The van der Waals surface area contributed by atoms with Gasteiger partial charge in [0.25, 0.3) is 0 Å². The molecule has 0 aliphatic heterocycles. The largest absolute Gasteiger partial charge is 0.312 e. The maximum absolute atomic E-state index is 13.8. The molecule has 0 radical (unpaired) electrons. The Morgan fingerprint density at radius 1 is 1.14 bits per heavy atom. The summed E-state index contributed by atoms with van der Waals surface area (Å²) < 4.78 is 41.1. The van der Waals surface area contributed by atoms with Gasteiger partial charge >= 0.3 is 0 Å². The molecule has 0 saturated heterocycles. The van der Waals surface area contributed by atoms with Crippen LogP contribution in [0.2, 0.25) is 0 Å². The van der Waals surface area contributed by atoms with E-state index in [0.717, 1.165) is 15.4 Å². The van der Waals surface area contributed by atoms with Crippen molar-refractivity contribution in [3.8, 4) is 0 Å². The number of halogens is 4. The zero-order valence-corrected chi connectivity index (χ0v) is 13.6. The molecule has 1 unspecified atom stereocenters. The van der Waals surface area contributed by atoms with Crippen molar-refractivity contribution in [2.45, 2.75) is 10.9 Å². The number of thioether (sulfide) groups is 1. The second-order valence-electron chi connectivity index (χ2n) is 4.37. The van der Waals surface area contributed by atoms with E-state index in [4.69, 9.17) is 0 Å². The highest BCUT2D eigenvalue weighted by molar-refractivity contribution is 9.10. The van der Waals surface area contributed by atoms with Crippen LogP contribution in [0.5, 0.6) is 0 Å². The third-order valence-electron chi connectivity index (χ3n) is 3.00. The van der Waals surface area contributed by atoms with Gasteiger partial charge in [0.15, 0.2) is 17.5 Å². The lowest BCUT2D eigenvalue weighted by Crippen LogP contribution is -2.20. The van der Waals surface area contributed by atoms with E-state index in [-0.39, 0.29) is 5.56 Å². The van der Waals surface area contributed by atoms with Gasteiger partial charge in [0, 0.05) is 26.7 Å². The van der Waals surface area contributed by atoms with Crippen LogP contribution in [0, 0.1) is 17.5 Å². The van der Waals surface area contributed by atoms with E-state index in [1.165, 1.54) is 17.8 Å². The molecule has 112 valence electrons. The summed E-state index contributed by atoms with van der Waals surface area (Å²) in [6.45, 7) is 0. The molecule has 1 N–H and O–H groups in total. The van der Waals surface area contributed by atoms with E-state index in [9.17, 15) is 13.2 Å². The summed E-state index contributed by atoms with van der Waals surface area (Å²) in [6.07, 6.45) is 0. The molecule has 0 bridgehead atoms. The first kappa shape index (κ1) is 16.4. The van der Waals surface area contributed by atoms with Gasteiger partial charge in [-0.15, -0.1) is 11.8 Å². The van der Waals surface area contributed by atoms with Crippen molar-refractivity contribution >= 4 is 27.7 Å². The van der Waals surface area contributed by atoms with Crippen molar-refractivity contribution in [1.82, 2.24) is 5.32 Å². The Morgan fingerprint density at radius 2 is 1.90 bits per heavy atom. The van der Waals surface area contributed by atoms with Crippen LogP contribution in [0.25, 0.3) is 0 Å². The molecule has 6 heteroatoms. The summed E-state index contributed by atoms with van der Waals surface area (Å²) in [5.74, 6) is -3.25. The molecule has 2 rings (SSSR count). The first-order valence-electron chi connectivity index (χ1n) is 6.22. The molecule has 0 heterocycles. The molecule has 0 aliphatic carbocycles. The summed E-state index contributed by atoms with van der Waals surface area (Å²) in [7, 11) is 1.66. The Kier molecular flexibility index (Phi) is 5.72. The van der Waals surface area contributed by atoms with Gasteiger partial charge in [0.2, 0.25) is 0 Å². The first-order chi connectivity index (χ1) is 10.0. The molecule has 1 atom stereocenters. The average molecular weight is 376 g/mol.